The molecular formula is C10H10BrN3. The molecule has 0 saturated heterocycles. The highest BCUT2D eigenvalue weighted by Gasteiger charge is 2.04. The van der Waals surface area contributed by atoms with Crippen molar-refractivity contribution in [1.82, 2.24) is 14.5 Å². The number of aromatic nitrogens is 3. The summed E-state index contributed by atoms with van der Waals surface area (Å²) < 4.78 is 2.82. The minimum atomic E-state index is 0.753. The Kier molecular flexibility index (Phi) is 2.37. The van der Waals surface area contributed by atoms with Crippen LogP contribution in [0.25, 0.3) is 5.82 Å². The van der Waals surface area contributed by atoms with Crippen molar-refractivity contribution in [2.75, 3.05) is 0 Å². The molecular weight excluding hydrogens is 242 g/mol. The van der Waals surface area contributed by atoms with E-state index in [9.17, 15) is 0 Å². The Balaban J connectivity index is 2.54. The van der Waals surface area contributed by atoms with Crippen molar-refractivity contribution in [3.8, 4) is 5.82 Å². The third-order valence-electron chi connectivity index (χ3n) is 2.11. The first-order valence-corrected chi connectivity index (χ1v) is 5.10. The Bertz CT molecular complexity index is 425. The molecule has 72 valence electrons. The van der Waals surface area contributed by atoms with E-state index < -0.39 is 0 Å². The highest BCUT2D eigenvalue weighted by atomic mass is 79.9. The van der Waals surface area contributed by atoms with E-state index in [-0.39, 0.29) is 0 Å². The lowest BCUT2D eigenvalue weighted by Gasteiger charge is -2.06. The van der Waals surface area contributed by atoms with E-state index in [1.807, 2.05) is 0 Å². The van der Waals surface area contributed by atoms with Crippen molar-refractivity contribution in [3.63, 3.8) is 0 Å². The maximum absolute atomic E-state index is 4.30. The van der Waals surface area contributed by atoms with E-state index in [0.717, 1.165) is 10.4 Å². The van der Waals surface area contributed by atoms with Gasteiger partial charge in [-0.1, -0.05) is 0 Å². The van der Waals surface area contributed by atoms with Crippen molar-refractivity contribution in [1.29, 1.82) is 0 Å². The zero-order valence-corrected chi connectivity index (χ0v) is 9.62. The molecule has 0 spiro atoms. The molecule has 0 saturated carbocycles. The third kappa shape index (κ3) is 1.57. The smallest absolute Gasteiger partial charge is 0.155 e. The van der Waals surface area contributed by atoms with Crippen LogP contribution in [-0.4, -0.2) is 14.5 Å². The van der Waals surface area contributed by atoms with Crippen LogP contribution in [-0.2, 0) is 0 Å². The average molecular weight is 252 g/mol. The van der Waals surface area contributed by atoms with Gasteiger partial charge in [0.2, 0.25) is 0 Å². The Hall–Kier alpha value is -1.16. The SMILES string of the molecule is Cc1ccc(C)n1-c1cnc(Br)cn1. The van der Waals surface area contributed by atoms with Crippen LogP contribution in [0.5, 0.6) is 0 Å². The molecule has 2 heterocycles. The second-order valence-corrected chi connectivity index (χ2v) is 3.96. The van der Waals surface area contributed by atoms with Crippen molar-refractivity contribution in [2.45, 2.75) is 13.8 Å². The Morgan fingerprint density at radius 1 is 1.07 bits per heavy atom. The minimum absolute atomic E-state index is 0.753. The largest absolute Gasteiger partial charge is 0.302 e. The molecule has 2 aromatic rings. The van der Waals surface area contributed by atoms with Crippen LogP contribution in [0.4, 0.5) is 0 Å². The van der Waals surface area contributed by atoms with Crippen LogP contribution >= 0.6 is 15.9 Å². The van der Waals surface area contributed by atoms with Gasteiger partial charge in [-0.2, -0.15) is 0 Å². The van der Waals surface area contributed by atoms with E-state index in [4.69, 9.17) is 0 Å². The van der Waals surface area contributed by atoms with Gasteiger partial charge in [0.1, 0.15) is 4.60 Å². The second-order valence-electron chi connectivity index (χ2n) is 3.15. The van der Waals surface area contributed by atoms with Gasteiger partial charge in [-0.05, 0) is 41.9 Å². The third-order valence-corrected chi connectivity index (χ3v) is 2.52. The quantitative estimate of drug-likeness (QED) is 0.781. The van der Waals surface area contributed by atoms with Crippen LogP contribution in [0, 0.1) is 13.8 Å². The molecule has 0 N–H and O–H groups in total. The molecule has 0 bridgehead atoms. The fourth-order valence-corrected chi connectivity index (χ4v) is 1.66. The first-order valence-electron chi connectivity index (χ1n) is 4.31. The summed E-state index contributed by atoms with van der Waals surface area (Å²) in [4.78, 5) is 8.45. The maximum atomic E-state index is 4.30. The lowest BCUT2D eigenvalue weighted by molar-refractivity contribution is 0.904. The van der Waals surface area contributed by atoms with Crippen molar-refractivity contribution in [2.24, 2.45) is 0 Å². The first kappa shape index (κ1) is 9.40. The molecule has 3 nitrogen and oxygen atoms in total. The predicted molar refractivity (Wildman–Crippen MR) is 58.5 cm³/mol. The number of hydrogen-bond donors (Lipinski definition) is 0. The van der Waals surface area contributed by atoms with Gasteiger partial charge in [0.25, 0.3) is 0 Å². The Morgan fingerprint density at radius 2 is 1.71 bits per heavy atom. The second kappa shape index (κ2) is 3.53. The van der Waals surface area contributed by atoms with Gasteiger partial charge in [0.05, 0.1) is 12.4 Å². The minimum Gasteiger partial charge on any atom is -0.302 e. The van der Waals surface area contributed by atoms with Crippen molar-refractivity contribution >= 4 is 15.9 Å². The number of halogens is 1. The topological polar surface area (TPSA) is 30.7 Å². The highest BCUT2D eigenvalue weighted by Crippen LogP contribution is 2.14. The number of aryl methyl sites for hydroxylation is 2. The zero-order chi connectivity index (χ0) is 10.1. The number of nitrogens with zero attached hydrogens (tertiary/aromatic N) is 3. The molecule has 0 unspecified atom stereocenters. The Morgan fingerprint density at radius 3 is 2.21 bits per heavy atom. The van der Waals surface area contributed by atoms with Crippen LogP contribution in [0.1, 0.15) is 11.4 Å². The molecule has 0 radical (unpaired) electrons. The molecule has 14 heavy (non-hydrogen) atoms. The number of hydrogen-bond acceptors (Lipinski definition) is 2. The van der Waals surface area contributed by atoms with Gasteiger partial charge in [-0.15, -0.1) is 0 Å². The number of rotatable bonds is 1. The monoisotopic (exact) mass is 251 g/mol. The van der Waals surface area contributed by atoms with E-state index in [2.05, 4.69) is 56.4 Å². The summed E-state index contributed by atoms with van der Waals surface area (Å²) in [5.74, 6) is 0.855. The van der Waals surface area contributed by atoms with E-state index in [0.29, 0.717) is 0 Å². The van der Waals surface area contributed by atoms with E-state index in [1.165, 1.54) is 11.4 Å². The average Bonchev–Trinajstić information content (AvgIpc) is 2.49. The maximum Gasteiger partial charge on any atom is 0.155 e. The lowest BCUT2D eigenvalue weighted by Crippen LogP contribution is -2.01. The standard InChI is InChI=1S/C10H10BrN3/c1-7-3-4-8(2)14(7)10-6-12-9(11)5-13-10/h3-6H,1-2H3. The fourth-order valence-electron chi connectivity index (χ4n) is 1.45. The fraction of sp³-hybridized carbons (Fsp3) is 0.200. The molecule has 0 aromatic carbocycles. The molecule has 0 aliphatic heterocycles. The van der Waals surface area contributed by atoms with Gasteiger partial charge in [0.15, 0.2) is 5.82 Å². The zero-order valence-electron chi connectivity index (χ0n) is 8.03. The summed E-state index contributed by atoms with van der Waals surface area (Å²) in [6, 6.07) is 4.14. The highest BCUT2D eigenvalue weighted by molar-refractivity contribution is 9.10. The van der Waals surface area contributed by atoms with E-state index in [1.54, 1.807) is 12.4 Å². The van der Waals surface area contributed by atoms with Gasteiger partial charge >= 0.3 is 0 Å². The van der Waals surface area contributed by atoms with Crippen LogP contribution in [0.2, 0.25) is 0 Å². The van der Waals surface area contributed by atoms with Gasteiger partial charge in [-0.3, -0.25) is 0 Å². The summed E-state index contributed by atoms with van der Waals surface area (Å²) in [5.41, 5.74) is 2.33. The van der Waals surface area contributed by atoms with Gasteiger partial charge in [0, 0.05) is 11.4 Å². The molecule has 0 aliphatic rings. The predicted octanol–water partition coefficient (Wildman–Crippen LogP) is 2.65. The summed E-state index contributed by atoms with van der Waals surface area (Å²) >= 11 is 3.26. The molecule has 0 amide bonds. The molecule has 0 atom stereocenters. The normalized spacial score (nSPS) is 10.5. The van der Waals surface area contributed by atoms with E-state index >= 15 is 0 Å². The van der Waals surface area contributed by atoms with Crippen LogP contribution < -0.4 is 0 Å². The molecule has 2 rings (SSSR count). The molecule has 0 aliphatic carbocycles. The summed E-state index contributed by atoms with van der Waals surface area (Å²) in [6.07, 6.45) is 3.46. The van der Waals surface area contributed by atoms with Gasteiger partial charge < -0.3 is 4.57 Å². The van der Waals surface area contributed by atoms with Crippen molar-refractivity contribution in [3.05, 3.63) is 40.5 Å². The summed E-state index contributed by atoms with van der Waals surface area (Å²) in [6.45, 7) is 4.10. The van der Waals surface area contributed by atoms with Crippen molar-refractivity contribution < 1.29 is 0 Å². The summed E-state index contributed by atoms with van der Waals surface area (Å²) in [7, 11) is 0. The Labute approximate surface area is 90.9 Å². The molecule has 2 aromatic heterocycles. The lowest BCUT2D eigenvalue weighted by atomic mass is 10.5. The van der Waals surface area contributed by atoms with Crippen LogP contribution in [0.15, 0.2) is 29.1 Å². The van der Waals surface area contributed by atoms with Gasteiger partial charge in [-0.25, -0.2) is 9.97 Å². The molecule has 0 fully saturated rings. The first-order chi connectivity index (χ1) is 6.68. The summed E-state index contributed by atoms with van der Waals surface area (Å²) in [5, 5.41) is 0. The van der Waals surface area contributed by atoms with Crippen LogP contribution in [0.3, 0.4) is 0 Å². The molecule has 4 heteroatoms.